The number of epoxide rings is 1. The van der Waals surface area contributed by atoms with Gasteiger partial charge in [0.25, 0.3) is 0 Å². The van der Waals surface area contributed by atoms with E-state index in [4.69, 9.17) is 11.3 Å². The van der Waals surface area contributed by atoms with E-state index >= 15 is 0 Å². The molecule has 0 bridgehead atoms. The number of hydrogen-bond donors (Lipinski definition) is 0. The smallest absolute Gasteiger partial charge is 0.127 e. The minimum absolute atomic E-state index is 0.0566. The molecule has 33 heavy (non-hydrogen) atoms. The highest BCUT2D eigenvalue weighted by Crippen LogP contribution is 2.49. The largest absolute Gasteiger partial charge is 0.370 e. The summed E-state index contributed by atoms with van der Waals surface area (Å²) in [7, 11) is -2.25. The normalized spacial score (nSPS) is 20.2. The van der Waals surface area contributed by atoms with Gasteiger partial charge >= 0.3 is 0 Å². The van der Waals surface area contributed by atoms with Gasteiger partial charge in [0.15, 0.2) is 0 Å². The third kappa shape index (κ3) is 4.52. The van der Waals surface area contributed by atoms with Gasteiger partial charge in [-0.1, -0.05) is 141 Å². The van der Waals surface area contributed by atoms with Crippen LogP contribution in [-0.2, 0) is 10.2 Å². The average molecular weight is 455 g/mol. The van der Waals surface area contributed by atoms with Gasteiger partial charge in [-0.3, -0.25) is 0 Å². The molecule has 0 N–H and O–H groups in total. The first-order valence-electron chi connectivity index (χ1n) is 12.1. The summed E-state index contributed by atoms with van der Waals surface area (Å²) in [6, 6.07) is 34.4. The van der Waals surface area contributed by atoms with Crippen LogP contribution in [0, 0.1) is 0 Å². The number of ether oxygens (including phenoxy) is 1. The van der Waals surface area contributed by atoms with Crippen LogP contribution < -0.4 is 10.4 Å². The molecule has 3 aromatic rings. The molecule has 2 atom stereocenters. The minimum Gasteiger partial charge on any atom is -0.370 e. The van der Waals surface area contributed by atoms with Crippen molar-refractivity contribution in [2.24, 2.45) is 0 Å². The fraction of sp³-hybridized carbons (Fsp3) is 0.355. The van der Waals surface area contributed by atoms with E-state index in [-0.39, 0.29) is 16.1 Å². The monoisotopic (exact) mass is 454 g/mol. The van der Waals surface area contributed by atoms with E-state index in [1.54, 1.807) is 0 Å². The molecule has 2 heteroatoms. The molecule has 1 aliphatic rings. The number of allylic oxidation sites excluding steroid dienone is 1. The van der Waals surface area contributed by atoms with Crippen LogP contribution in [0.4, 0.5) is 0 Å². The van der Waals surface area contributed by atoms with Gasteiger partial charge in [-0.15, -0.1) is 0 Å². The zero-order valence-corrected chi connectivity index (χ0v) is 21.9. The van der Waals surface area contributed by atoms with Crippen LogP contribution in [0.1, 0.15) is 46.6 Å². The Labute approximate surface area is 201 Å². The second kappa shape index (κ2) is 8.74. The van der Waals surface area contributed by atoms with Gasteiger partial charge in [0, 0.05) is 5.41 Å². The maximum atomic E-state index is 5.90. The number of rotatable bonds is 8. The molecule has 0 amide bonds. The zero-order valence-electron chi connectivity index (χ0n) is 20.9. The molecule has 0 aliphatic carbocycles. The van der Waals surface area contributed by atoms with E-state index in [0.29, 0.717) is 0 Å². The van der Waals surface area contributed by atoms with Crippen molar-refractivity contribution in [3.05, 3.63) is 109 Å². The van der Waals surface area contributed by atoms with E-state index in [9.17, 15) is 0 Å². The number of hydrogen-bond acceptors (Lipinski definition) is 1. The van der Waals surface area contributed by atoms with E-state index in [0.717, 1.165) is 19.1 Å². The summed E-state index contributed by atoms with van der Waals surface area (Å²) in [6.07, 6.45) is 0.959. The second-order valence-corrected chi connectivity index (χ2v) is 16.1. The Bertz CT molecular complexity index is 1040. The third-order valence-electron chi connectivity index (χ3n) is 7.85. The van der Waals surface area contributed by atoms with Crippen LogP contribution in [0.25, 0.3) is 0 Å². The highest BCUT2D eigenvalue weighted by molar-refractivity contribution is 7.04. The zero-order chi connectivity index (χ0) is 23.7. The van der Waals surface area contributed by atoms with Crippen molar-refractivity contribution in [2.75, 3.05) is 6.61 Å². The topological polar surface area (TPSA) is 12.5 Å². The van der Waals surface area contributed by atoms with E-state index in [2.05, 4.69) is 126 Å². The quantitative estimate of drug-likeness (QED) is 0.208. The van der Waals surface area contributed by atoms with Crippen LogP contribution in [-0.4, -0.2) is 20.3 Å². The van der Waals surface area contributed by atoms with Crippen molar-refractivity contribution < 1.29 is 4.74 Å². The van der Waals surface area contributed by atoms with Gasteiger partial charge in [0.1, 0.15) is 8.07 Å². The van der Waals surface area contributed by atoms with E-state index in [1.807, 2.05) is 0 Å². The molecule has 1 nitrogen and oxygen atoms in total. The van der Waals surface area contributed by atoms with Crippen LogP contribution in [0.15, 0.2) is 103 Å². The predicted octanol–water partition coefficient (Wildman–Crippen LogP) is 6.74. The first kappa shape index (κ1) is 23.7. The van der Waals surface area contributed by atoms with Crippen molar-refractivity contribution in [2.45, 2.75) is 63.1 Å². The SMILES string of the molecule is C=C(C[Si](c1ccccc1)(c1ccccc1)C(C)(C)C)C(C)(CC1(C)CO1)c1ccccc1. The van der Waals surface area contributed by atoms with Crippen LogP contribution in [0.2, 0.25) is 11.1 Å². The van der Waals surface area contributed by atoms with Crippen molar-refractivity contribution in [3.63, 3.8) is 0 Å². The Morgan fingerprint density at radius 2 is 1.24 bits per heavy atom. The summed E-state index contributed by atoms with van der Waals surface area (Å²) in [5, 5.41) is 3.07. The summed E-state index contributed by atoms with van der Waals surface area (Å²) in [5.41, 5.74) is 2.45. The lowest BCUT2D eigenvalue weighted by molar-refractivity contribution is 0.270. The molecular weight excluding hydrogens is 416 g/mol. The van der Waals surface area contributed by atoms with Crippen LogP contribution in [0.5, 0.6) is 0 Å². The maximum Gasteiger partial charge on any atom is 0.127 e. The molecule has 3 aromatic carbocycles. The van der Waals surface area contributed by atoms with Gasteiger partial charge < -0.3 is 4.74 Å². The highest BCUT2D eigenvalue weighted by Gasteiger charge is 2.52. The van der Waals surface area contributed by atoms with Crippen LogP contribution >= 0.6 is 0 Å². The van der Waals surface area contributed by atoms with Crippen molar-refractivity contribution in [1.82, 2.24) is 0 Å². The van der Waals surface area contributed by atoms with Crippen molar-refractivity contribution in [3.8, 4) is 0 Å². The Hall–Kier alpha value is -2.42. The summed E-state index contributed by atoms with van der Waals surface area (Å²) >= 11 is 0. The van der Waals surface area contributed by atoms with Gasteiger partial charge in [0.2, 0.25) is 0 Å². The Balaban J connectivity index is 1.87. The molecule has 2 unspecified atom stereocenters. The van der Waals surface area contributed by atoms with Gasteiger partial charge in [-0.05, 0) is 30.0 Å². The summed E-state index contributed by atoms with van der Waals surface area (Å²) in [6.45, 7) is 17.6. The van der Waals surface area contributed by atoms with Gasteiger partial charge in [0.05, 0.1) is 12.2 Å². The fourth-order valence-electron chi connectivity index (χ4n) is 5.67. The first-order chi connectivity index (χ1) is 15.6. The molecule has 1 fully saturated rings. The average Bonchev–Trinajstić information content (AvgIpc) is 3.54. The molecule has 172 valence electrons. The molecule has 4 rings (SSSR count). The molecule has 1 saturated heterocycles. The van der Waals surface area contributed by atoms with Gasteiger partial charge in [-0.25, -0.2) is 0 Å². The molecular formula is C31H38OSi. The molecule has 0 radical (unpaired) electrons. The molecule has 1 aliphatic heterocycles. The second-order valence-electron chi connectivity index (χ2n) is 11.3. The summed E-state index contributed by atoms with van der Waals surface area (Å²) < 4.78 is 5.90. The fourth-order valence-corrected chi connectivity index (χ4v) is 11.2. The number of benzene rings is 3. The lowest BCUT2D eigenvalue weighted by Gasteiger charge is -2.47. The highest BCUT2D eigenvalue weighted by atomic mass is 28.3. The lowest BCUT2D eigenvalue weighted by atomic mass is 9.71. The standard InChI is InChI=1S/C31H38OSi/c1-25(31(6,23-30(5)24-32-30)26-16-10-7-11-17-26)22-33(29(2,3)4,27-18-12-8-13-19-27)28-20-14-9-15-21-28/h7-21H,1,22-24H2,2-6H3. The lowest BCUT2D eigenvalue weighted by Crippen LogP contribution is -2.64. The Morgan fingerprint density at radius 1 is 0.818 bits per heavy atom. The summed E-state index contributed by atoms with van der Waals surface area (Å²) in [4.78, 5) is 0. The predicted molar refractivity (Wildman–Crippen MR) is 144 cm³/mol. The Morgan fingerprint density at radius 3 is 1.64 bits per heavy atom. The summed E-state index contributed by atoms with van der Waals surface area (Å²) in [5.74, 6) is 0. The molecule has 0 spiro atoms. The Kier molecular flexibility index (Phi) is 6.28. The van der Waals surface area contributed by atoms with E-state index < -0.39 is 8.07 Å². The van der Waals surface area contributed by atoms with E-state index in [1.165, 1.54) is 21.5 Å². The molecule has 1 heterocycles. The maximum absolute atomic E-state index is 5.90. The molecule has 0 aromatic heterocycles. The first-order valence-corrected chi connectivity index (χ1v) is 14.3. The third-order valence-corrected chi connectivity index (χ3v) is 14.0. The minimum atomic E-state index is -2.25. The molecule has 0 saturated carbocycles. The van der Waals surface area contributed by atoms with Crippen LogP contribution in [0.3, 0.4) is 0 Å². The van der Waals surface area contributed by atoms with Crippen molar-refractivity contribution in [1.29, 1.82) is 0 Å². The van der Waals surface area contributed by atoms with Crippen molar-refractivity contribution >= 4 is 18.4 Å². The van der Waals surface area contributed by atoms with Gasteiger partial charge in [-0.2, -0.15) is 0 Å².